The van der Waals surface area contributed by atoms with Gasteiger partial charge in [0, 0.05) is 23.2 Å². The predicted molar refractivity (Wildman–Crippen MR) is 114 cm³/mol. The van der Waals surface area contributed by atoms with Gasteiger partial charge in [-0.05, 0) is 48.0 Å². The van der Waals surface area contributed by atoms with Crippen LogP contribution in [0.5, 0.6) is 11.5 Å². The largest absolute Gasteiger partial charge is 0.481 e. The van der Waals surface area contributed by atoms with E-state index in [1.54, 1.807) is 24.3 Å². The number of ether oxygens (including phenoxy) is 2. The first-order valence-electron chi connectivity index (χ1n) is 9.31. The molecule has 0 unspecified atom stereocenters. The Morgan fingerprint density at radius 1 is 1.07 bits per heavy atom. The number of hydrogen-bond donors (Lipinski definition) is 1. The van der Waals surface area contributed by atoms with Crippen molar-refractivity contribution in [3.63, 3.8) is 0 Å². The second-order valence-corrected chi connectivity index (χ2v) is 7.65. The van der Waals surface area contributed by atoms with Crippen molar-refractivity contribution in [1.29, 1.82) is 0 Å². The topological polar surface area (TPSA) is 77.8 Å². The first-order valence-corrected chi connectivity index (χ1v) is 10.3. The van der Waals surface area contributed by atoms with Crippen molar-refractivity contribution in [2.75, 3.05) is 12.5 Å². The van der Waals surface area contributed by atoms with Gasteiger partial charge in [-0.15, -0.1) is 11.8 Å². The summed E-state index contributed by atoms with van der Waals surface area (Å²) in [6, 6.07) is 16.5. The number of hydrogen-bond acceptors (Lipinski definition) is 5. The standard InChI is InChI=1S/C23H19NO5S/c25-22(26)14-30-18-6-1-4-16(12-18)5-2-10-24-11-3-7-19(24)23(27)17-8-9-20-21(13-17)29-15-28-20/h1-9,11-13H,10,14-15H2,(H,25,26). The molecule has 1 aliphatic heterocycles. The Hall–Kier alpha value is -3.45. The Bertz CT molecular complexity index is 1120. The molecule has 2 aromatic carbocycles. The van der Waals surface area contributed by atoms with Crippen LogP contribution in [0.3, 0.4) is 0 Å². The van der Waals surface area contributed by atoms with Crippen LogP contribution in [-0.4, -0.2) is 34.0 Å². The number of benzene rings is 2. The molecule has 0 atom stereocenters. The second kappa shape index (κ2) is 8.92. The molecule has 0 fully saturated rings. The van der Waals surface area contributed by atoms with Gasteiger partial charge in [-0.3, -0.25) is 9.59 Å². The molecule has 0 saturated carbocycles. The van der Waals surface area contributed by atoms with Crippen LogP contribution in [0.25, 0.3) is 6.08 Å². The summed E-state index contributed by atoms with van der Waals surface area (Å²) in [5.41, 5.74) is 2.11. The molecule has 1 aromatic heterocycles. The molecule has 7 heteroatoms. The number of carbonyl (C=O) groups excluding carboxylic acids is 1. The number of allylic oxidation sites excluding steroid dienone is 1. The Labute approximate surface area is 177 Å². The predicted octanol–water partition coefficient (Wildman–Crippen LogP) is 4.34. The number of nitrogens with zero attached hydrogens (tertiary/aromatic N) is 1. The molecule has 0 radical (unpaired) electrons. The van der Waals surface area contributed by atoms with Crippen molar-refractivity contribution < 1.29 is 24.2 Å². The molecule has 0 bridgehead atoms. The summed E-state index contributed by atoms with van der Waals surface area (Å²) in [4.78, 5) is 24.6. The molecule has 0 amide bonds. The summed E-state index contributed by atoms with van der Waals surface area (Å²) in [7, 11) is 0. The van der Waals surface area contributed by atoms with Crippen LogP contribution in [0.1, 0.15) is 21.6 Å². The van der Waals surface area contributed by atoms with Crippen molar-refractivity contribution in [1.82, 2.24) is 4.57 Å². The fourth-order valence-corrected chi connectivity index (χ4v) is 3.80. The van der Waals surface area contributed by atoms with E-state index in [1.807, 2.05) is 53.2 Å². The summed E-state index contributed by atoms with van der Waals surface area (Å²) >= 11 is 1.28. The van der Waals surface area contributed by atoms with Crippen LogP contribution >= 0.6 is 11.8 Å². The number of aromatic nitrogens is 1. The summed E-state index contributed by atoms with van der Waals surface area (Å²) < 4.78 is 12.5. The van der Waals surface area contributed by atoms with E-state index in [0.29, 0.717) is 29.3 Å². The zero-order valence-electron chi connectivity index (χ0n) is 16.0. The monoisotopic (exact) mass is 421 g/mol. The van der Waals surface area contributed by atoms with E-state index in [2.05, 4.69) is 0 Å². The lowest BCUT2D eigenvalue weighted by molar-refractivity contribution is -0.133. The van der Waals surface area contributed by atoms with Gasteiger partial charge in [-0.1, -0.05) is 24.3 Å². The van der Waals surface area contributed by atoms with Crippen molar-refractivity contribution in [2.45, 2.75) is 11.4 Å². The maximum absolute atomic E-state index is 12.9. The lowest BCUT2D eigenvalue weighted by atomic mass is 10.1. The van der Waals surface area contributed by atoms with Gasteiger partial charge in [0.1, 0.15) is 0 Å². The van der Waals surface area contributed by atoms with Crippen molar-refractivity contribution in [2.24, 2.45) is 0 Å². The average molecular weight is 421 g/mol. The number of rotatable bonds is 8. The van der Waals surface area contributed by atoms with Crippen LogP contribution in [0.4, 0.5) is 0 Å². The average Bonchev–Trinajstić information content (AvgIpc) is 3.41. The number of carboxylic acids is 1. The maximum atomic E-state index is 12.9. The van der Waals surface area contributed by atoms with Crippen LogP contribution < -0.4 is 9.47 Å². The lowest BCUT2D eigenvalue weighted by Crippen LogP contribution is -2.09. The molecule has 0 spiro atoms. The van der Waals surface area contributed by atoms with Crippen LogP contribution in [0.15, 0.2) is 71.8 Å². The van der Waals surface area contributed by atoms with E-state index >= 15 is 0 Å². The minimum absolute atomic E-state index is 0.0296. The minimum atomic E-state index is -0.840. The van der Waals surface area contributed by atoms with Crippen LogP contribution in [0.2, 0.25) is 0 Å². The normalized spacial score (nSPS) is 12.4. The summed E-state index contributed by atoms with van der Waals surface area (Å²) in [6.07, 6.45) is 5.79. The molecule has 0 aliphatic carbocycles. The quantitative estimate of drug-likeness (QED) is 0.431. The molecule has 152 valence electrons. The number of thioether (sulfide) groups is 1. The first-order chi connectivity index (χ1) is 14.6. The Morgan fingerprint density at radius 2 is 1.93 bits per heavy atom. The second-order valence-electron chi connectivity index (χ2n) is 6.60. The SMILES string of the molecule is O=C(O)CSc1cccc(C=CCn2cccc2C(=O)c2ccc3c(c2)OCO3)c1. The zero-order chi connectivity index (χ0) is 20.9. The number of fused-ring (bicyclic) bond motifs is 1. The van der Waals surface area contributed by atoms with E-state index in [-0.39, 0.29) is 18.3 Å². The summed E-state index contributed by atoms with van der Waals surface area (Å²) in [5, 5.41) is 8.81. The van der Waals surface area contributed by atoms with Gasteiger partial charge in [0.05, 0.1) is 11.4 Å². The molecular weight excluding hydrogens is 402 g/mol. The highest BCUT2D eigenvalue weighted by Gasteiger charge is 2.18. The molecule has 6 nitrogen and oxygen atoms in total. The summed E-state index contributed by atoms with van der Waals surface area (Å²) in [5.74, 6) is 0.335. The first kappa shape index (κ1) is 19.8. The number of aliphatic carboxylic acids is 1. The Kier molecular flexibility index (Phi) is 5.90. The van der Waals surface area contributed by atoms with Crippen LogP contribution in [-0.2, 0) is 11.3 Å². The number of carbonyl (C=O) groups is 2. The van der Waals surface area contributed by atoms with E-state index < -0.39 is 5.97 Å². The van der Waals surface area contributed by atoms with Crippen molar-refractivity contribution >= 4 is 29.6 Å². The lowest BCUT2D eigenvalue weighted by Gasteiger charge is -2.07. The van der Waals surface area contributed by atoms with Gasteiger partial charge < -0.3 is 19.1 Å². The Balaban J connectivity index is 1.44. The fourth-order valence-electron chi connectivity index (χ4n) is 3.12. The highest BCUT2D eigenvalue weighted by atomic mass is 32.2. The van der Waals surface area contributed by atoms with E-state index in [9.17, 15) is 9.59 Å². The molecule has 1 N–H and O–H groups in total. The van der Waals surface area contributed by atoms with Crippen LogP contribution in [0, 0.1) is 0 Å². The third kappa shape index (κ3) is 4.58. The van der Waals surface area contributed by atoms with Gasteiger partial charge in [0.15, 0.2) is 11.5 Å². The van der Waals surface area contributed by atoms with Gasteiger partial charge in [-0.2, -0.15) is 0 Å². The molecule has 4 rings (SSSR count). The van der Waals surface area contributed by atoms with Gasteiger partial charge in [0.2, 0.25) is 12.6 Å². The van der Waals surface area contributed by atoms with Gasteiger partial charge in [-0.25, -0.2) is 0 Å². The van der Waals surface area contributed by atoms with E-state index in [0.717, 1.165) is 10.5 Å². The highest BCUT2D eigenvalue weighted by molar-refractivity contribution is 8.00. The molecule has 1 aliphatic rings. The number of ketones is 1. The molecule has 0 saturated heterocycles. The van der Waals surface area contributed by atoms with Crippen molar-refractivity contribution in [3.05, 3.63) is 83.7 Å². The third-order valence-electron chi connectivity index (χ3n) is 4.53. The maximum Gasteiger partial charge on any atom is 0.313 e. The number of carboxylic acid groups (broad SMARTS) is 1. The molecule has 2 heterocycles. The van der Waals surface area contributed by atoms with E-state index in [4.69, 9.17) is 14.6 Å². The van der Waals surface area contributed by atoms with E-state index in [1.165, 1.54) is 11.8 Å². The highest BCUT2D eigenvalue weighted by Crippen LogP contribution is 2.33. The molecule has 30 heavy (non-hydrogen) atoms. The smallest absolute Gasteiger partial charge is 0.313 e. The van der Waals surface area contributed by atoms with Gasteiger partial charge in [0.25, 0.3) is 0 Å². The molecule has 3 aromatic rings. The summed E-state index contributed by atoms with van der Waals surface area (Å²) in [6.45, 7) is 0.704. The third-order valence-corrected chi connectivity index (χ3v) is 5.51. The minimum Gasteiger partial charge on any atom is -0.481 e. The fraction of sp³-hybridized carbons (Fsp3) is 0.130. The molecular formula is C23H19NO5S. The van der Waals surface area contributed by atoms with Crippen molar-refractivity contribution in [3.8, 4) is 11.5 Å². The zero-order valence-corrected chi connectivity index (χ0v) is 16.8. The Morgan fingerprint density at radius 3 is 2.80 bits per heavy atom. The van der Waals surface area contributed by atoms with Gasteiger partial charge >= 0.3 is 5.97 Å².